The van der Waals surface area contributed by atoms with Crippen molar-refractivity contribution >= 4 is 11.6 Å². The highest BCUT2D eigenvalue weighted by Gasteiger charge is 2.49. The van der Waals surface area contributed by atoms with Gasteiger partial charge in [-0.3, -0.25) is 9.59 Å². The van der Waals surface area contributed by atoms with Crippen molar-refractivity contribution in [3.8, 4) is 23.3 Å². The van der Waals surface area contributed by atoms with Crippen molar-refractivity contribution in [3.63, 3.8) is 0 Å². The number of rotatable bonds is 15. The van der Waals surface area contributed by atoms with Crippen molar-refractivity contribution in [2.24, 2.45) is 35.3 Å². The monoisotopic (exact) mass is 887 g/mol. The number of H-pyrrole nitrogens is 1. The lowest BCUT2D eigenvalue weighted by Gasteiger charge is -2.46. The lowest BCUT2D eigenvalue weighted by atomic mass is 9.61. The number of allylic oxidation sites excluding steroid dienone is 2. The van der Waals surface area contributed by atoms with Gasteiger partial charge in [0.25, 0.3) is 0 Å². The molecule has 0 unspecified atom stereocenters. The predicted molar refractivity (Wildman–Crippen MR) is 257 cm³/mol. The number of benzene rings is 2. The molecule has 10 nitrogen and oxygen atoms in total. The number of hydrogen-bond acceptors (Lipinski definition) is 9. The Bertz CT molecular complexity index is 2210. The largest absolute Gasteiger partial charge is 0.504 e. The summed E-state index contributed by atoms with van der Waals surface area (Å²) in [5.74, 6) is 7.36. The number of dihydropyridines is 1. The molecule has 2 saturated carbocycles. The number of aliphatic hydroxyl groups is 2. The molecule has 0 radical (unpaired) electrons. The fourth-order valence-corrected chi connectivity index (χ4v) is 11.8. The fourth-order valence-electron chi connectivity index (χ4n) is 11.8. The summed E-state index contributed by atoms with van der Waals surface area (Å²) in [5.41, 5.74) is 12.0. The van der Waals surface area contributed by atoms with Gasteiger partial charge < -0.3 is 41.4 Å². The minimum Gasteiger partial charge on any atom is -0.504 e. The Morgan fingerprint density at radius 3 is 2.49 bits per heavy atom. The number of nitrogens with one attached hydrogen (secondary N) is 3. The number of nitrogens with two attached hydrogens (primary N) is 1. The van der Waals surface area contributed by atoms with Gasteiger partial charge in [-0.25, -0.2) is 0 Å². The van der Waals surface area contributed by atoms with Gasteiger partial charge >= 0.3 is 0 Å². The second kappa shape index (κ2) is 22.1. The average Bonchev–Trinajstić information content (AvgIpc) is 3.73. The van der Waals surface area contributed by atoms with Crippen LogP contribution in [0.15, 0.2) is 78.3 Å². The number of aliphatic hydroxyl groups excluding tert-OH is 2. The molecule has 8 N–H and O–H groups in total. The van der Waals surface area contributed by atoms with E-state index in [1.54, 1.807) is 13.0 Å². The first kappa shape index (κ1) is 48.1. The Labute approximate surface area is 387 Å². The molecule has 0 spiro atoms. The minimum atomic E-state index is -0.647. The first-order chi connectivity index (χ1) is 31.4. The molecule has 2 fully saturated rings. The quantitative estimate of drug-likeness (QED) is 0.0585. The van der Waals surface area contributed by atoms with Crippen molar-refractivity contribution in [2.75, 3.05) is 26.7 Å². The Balaban J connectivity index is 1.30. The molecule has 9 atom stereocenters. The number of phenols is 1. The van der Waals surface area contributed by atoms with E-state index in [0.717, 1.165) is 86.7 Å². The Morgan fingerprint density at radius 1 is 0.985 bits per heavy atom. The summed E-state index contributed by atoms with van der Waals surface area (Å²) in [6.45, 7) is 8.12. The van der Waals surface area contributed by atoms with E-state index in [4.69, 9.17) is 10.5 Å². The van der Waals surface area contributed by atoms with Crippen LogP contribution in [0, 0.1) is 41.4 Å². The molecule has 65 heavy (non-hydrogen) atoms. The average molecular weight is 887 g/mol. The van der Waals surface area contributed by atoms with Gasteiger partial charge in [-0.05, 0) is 134 Å². The highest BCUT2D eigenvalue weighted by Crippen LogP contribution is 2.51. The molecule has 10 heteroatoms. The van der Waals surface area contributed by atoms with Gasteiger partial charge in [-0.2, -0.15) is 0 Å². The van der Waals surface area contributed by atoms with Gasteiger partial charge in [-0.15, -0.1) is 0 Å². The number of hydrogen-bond donors (Lipinski definition) is 7. The molecule has 3 aliphatic carbocycles. The summed E-state index contributed by atoms with van der Waals surface area (Å²) in [4.78, 5) is 32.5. The Hall–Kier alpha value is -4.82. The summed E-state index contributed by atoms with van der Waals surface area (Å²) in [5, 5.41) is 40.9. The molecule has 4 aliphatic rings. The summed E-state index contributed by atoms with van der Waals surface area (Å²) < 4.78 is 5.52. The Morgan fingerprint density at radius 2 is 1.77 bits per heavy atom. The van der Waals surface area contributed by atoms with Gasteiger partial charge in [0.1, 0.15) is 11.6 Å². The van der Waals surface area contributed by atoms with Gasteiger partial charge in [0.2, 0.25) is 0 Å². The zero-order valence-corrected chi connectivity index (χ0v) is 39.2. The summed E-state index contributed by atoms with van der Waals surface area (Å²) >= 11 is 0. The maximum Gasteiger partial charge on any atom is 0.160 e. The van der Waals surface area contributed by atoms with Crippen LogP contribution in [0.3, 0.4) is 0 Å². The number of methoxy groups -OCH3 is 1. The molecule has 2 aromatic carbocycles. The van der Waals surface area contributed by atoms with Crippen LogP contribution in [0.4, 0.5) is 0 Å². The topological polar surface area (TPSA) is 170 Å². The Kier molecular flexibility index (Phi) is 16.4. The lowest BCUT2D eigenvalue weighted by Crippen LogP contribution is -2.48. The number of carbonyl (C=O) groups is 2. The van der Waals surface area contributed by atoms with Crippen molar-refractivity contribution in [2.45, 2.75) is 140 Å². The van der Waals surface area contributed by atoms with Crippen molar-refractivity contribution in [3.05, 3.63) is 106 Å². The standard InChI is InChI=1S/C55H74N4O6/c1-5-12-46(54(64)55(20-10-7-11-21-55)52-29-43(34-59-52)35(2)32-57-33-36(3)60)42-25-38(23-37-19-22-58-53(56)26-37)24-40-16-18-45(39-13-8-6-9-14-39)47-31-50(63)51(65-4)28-41(47)15-17-44(61)30-49(62)48(40)27-42/h6,8-9,13-14,19,26,28-29,31,34-36,38,40,42,45-46,48,54,57-60,63-64H,5,7,10-12,15,17,20-25,27,30,32-33,56H2,1-4H3/t35-,36+,38-,40+,42-,45-,46+,48-,54+/m1/s1. The highest BCUT2D eigenvalue weighted by molar-refractivity contribution is 6.00. The van der Waals surface area contributed by atoms with Crippen LogP contribution >= 0.6 is 0 Å². The second-order valence-corrected chi connectivity index (χ2v) is 19.9. The van der Waals surface area contributed by atoms with Crippen LogP contribution in [-0.2, 0) is 21.4 Å². The summed E-state index contributed by atoms with van der Waals surface area (Å²) in [6, 6.07) is 15.9. The number of aryl methyl sites for hydroxylation is 1. The summed E-state index contributed by atoms with van der Waals surface area (Å²) in [7, 11) is 1.52. The maximum absolute atomic E-state index is 14.9. The third-order valence-electron chi connectivity index (χ3n) is 15.2. The molecular formula is C55H74N4O6. The number of aromatic amines is 1. The SMILES string of the molecule is CCC[C@@H]([C@@H]1C[C@H](CC2=CCNC(N)=C2)C[C@@H]2C#C[C@H](c3ccccc3)c3cc(O)c(OC)cc3CCC(=O)CC(=O)[C@@H]2C1)[C@H](O)C1(c2cc([C@H](C)CNC[C@H](C)O)c[nH]2)CCCCC1. The lowest BCUT2D eigenvalue weighted by molar-refractivity contribution is -0.130. The van der Waals surface area contributed by atoms with E-state index in [2.05, 4.69) is 71.8 Å². The molecular weight excluding hydrogens is 813 g/mol. The van der Waals surface area contributed by atoms with Crippen molar-refractivity contribution < 1.29 is 29.6 Å². The van der Waals surface area contributed by atoms with Gasteiger partial charge in [-0.1, -0.05) is 87.8 Å². The van der Waals surface area contributed by atoms with Gasteiger partial charge in [0.05, 0.1) is 37.5 Å². The van der Waals surface area contributed by atoms with Crippen LogP contribution in [0.2, 0.25) is 0 Å². The number of aromatic hydroxyl groups is 1. The number of fused-ring (bicyclic) bond motifs is 2. The van der Waals surface area contributed by atoms with E-state index < -0.39 is 29.5 Å². The van der Waals surface area contributed by atoms with E-state index in [-0.39, 0.29) is 59.7 Å². The van der Waals surface area contributed by atoms with Crippen molar-refractivity contribution in [1.82, 2.24) is 15.6 Å². The zero-order valence-electron chi connectivity index (χ0n) is 39.2. The molecule has 0 amide bonds. The molecule has 1 aromatic heterocycles. The second-order valence-electron chi connectivity index (χ2n) is 19.9. The number of phenolic OH excluding ortho intramolecular Hbond substituents is 1. The van der Waals surface area contributed by atoms with Crippen LogP contribution in [-0.4, -0.2) is 70.8 Å². The van der Waals surface area contributed by atoms with E-state index in [1.165, 1.54) is 18.2 Å². The normalized spacial score (nSPS) is 25.5. The minimum absolute atomic E-state index is 0.00855. The first-order valence-electron chi connectivity index (χ1n) is 24.5. The number of ketones is 2. The molecule has 7 rings (SSSR count). The maximum atomic E-state index is 14.9. The van der Waals surface area contributed by atoms with Crippen molar-refractivity contribution in [1.29, 1.82) is 0 Å². The van der Waals surface area contributed by atoms with Crippen LogP contribution < -0.4 is 21.1 Å². The smallest absolute Gasteiger partial charge is 0.160 e. The fraction of sp³-hybridized carbons (Fsp3) is 0.564. The van der Waals surface area contributed by atoms with Crippen LogP contribution in [0.1, 0.15) is 144 Å². The van der Waals surface area contributed by atoms with E-state index >= 15 is 0 Å². The number of aromatic nitrogens is 1. The molecule has 1 aliphatic heterocycles. The van der Waals surface area contributed by atoms with Gasteiger partial charge in [0.15, 0.2) is 11.5 Å². The highest BCUT2D eigenvalue weighted by atomic mass is 16.5. The molecule has 0 saturated heterocycles. The molecule has 2 heterocycles. The van der Waals surface area contributed by atoms with Gasteiger partial charge in [0, 0.05) is 55.2 Å². The molecule has 0 bridgehead atoms. The zero-order chi connectivity index (χ0) is 46.1. The number of carbonyl (C=O) groups excluding carboxylic acids is 2. The third-order valence-corrected chi connectivity index (χ3v) is 15.2. The van der Waals surface area contributed by atoms with Crippen LogP contribution in [0.5, 0.6) is 11.5 Å². The van der Waals surface area contributed by atoms with E-state index in [9.17, 15) is 24.9 Å². The molecule has 3 aromatic rings. The first-order valence-corrected chi connectivity index (χ1v) is 24.5. The number of ether oxygens (including phenoxy) is 1. The predicted octanol–water partition coefficient (Wildman–Crippen LogP) is 8.46. The van der Waals surface area contributed by atoms with E-state index in [0.29, 0.717) is 43.9 Å². The number of Topliss-reactive ketones (excluding diaryl/α,β-unsaturated/α-hetero) is 2. The third kappa shape index (κ3) is 11.6. The molecule has 350 valence electrons. The van der Waals surface area contributed by atoms with Crippen LogP contribution in [0.25, 0.3) is 0 Å². The summed E-state index contributed by atoms with van der Waals surface area (Å²) in [6.07, 6.45) is 15.3. The van der Waals surface area contributed by atoms with E-state index in [1.807, 2.05) is 30.3 Å².